The summed E-state index contributed by atoms with van der Waals surface area (Å²) < 4.78 is 0. The van der Waals surface area contributed by atoms with Gasteiger partial charge in [-0.05, 0) is 25.5 Å². The van der Waals surface area contributed by atoms with E-state index >= 15 is 0 Å². The maximum atomic E-state index is 12.0. The Morgan fingerprint density at radius 3 is 2.82 bits per heavy atom. The molecule has 2 rings (SSSR count). The first-order valence-electron chi connectivity index (χ1n) is 5.89. The van der Waals surface area contributed by atoms with Crippen molar-refractivity contribution in [3.8, 4) is 0 Å². The van der Waals surface area contributed by atoms with Gasteiger partial charge < -0.3 is 4.90 Å². The molecule has 0 bridgehead atoms. The molecule has 2 aromatic rings. The lowest BCUT2D eigenvalue weighted by molar-refractivity contribution is 0.0802. The SMILES string of the molecule is CCc1[nH]nc2cc(C(=O)N(C)CC)ccc12. The second-order valence-corrected chi connectivity index (χ2v) is 4.11. The van der Waals surface area contributed by atoms with Gasteiger partial charge >= 0.3 is 0 Å². The number of aryl methyl sites for hydroxylation is 1. The minimum atomic E-state index is 0.0375. The highest BCUT2D eigenvalue weighted by molar-refractivity contribution is 5.98. The molecule has 90 valence electrons. The highest BCUT2D eigenvalue weighted by Crippen LogP contribution is 2.18. The van der Waals surface area contributed by atoms with E-state index in [0.29, 0.717) is 12.1 Å². The van der Waals surface area contributed by atoms with Gasteiger partial charge in [0.2, 0.25) is 0 Å². The second kappa shape index (κ2) is 4.57. The summed E-state index contributed by atoms with van der Waals surface area (Å²) in [5.41, 5.74) is 2.66. The molecular weight excluding hydrogens is 214 g/mol. The molecule has 0 saturated carbocycles. The Labute approximate surface area is 101 Å². The van der Waals surface area contributed by atoms with Crippen LogP contribution in [0.25, 0.3) is 10.9 Å². The normalized spacial score (nSPS) is 10.8. The van der Waals surface area contributed by atoms with E-state index in [1.54, 1.807) is 11.9 Å². The molecule has 0 aliphatic carbocycles. The van der Waals surface area contributed by atoms with Crippen LogP contribution in [-0.4, -0.2) is 34.6 Å². The van der Waals surface area contributed by atoms with E-state index in [2.05, 4.69) is 17.1 Å². The number of fused-ring (bicyclic) bond motifs is 1. The van der Waals surface area contributed by atoms with E-state index in [4.69, 9.17) is 0 Å². The fraction of sp³-hybridized carbons (Fsp3) is 0.385. The number of H-pyrrole nitrogens is 1. The number of nitrogens with one attached hydrogen (secondary N) is 1. The van der Waals surface area contributed by atoms with Crippen molar-refractivity contribution in [3.05, 3.63) is 29.5 Å². The first kappa shape index (κ1) is 11.6. The van der Waals surface area contributed by atoms with E-state index in [9.17, 15) is 4.79 Å². The zero-order chi connectivity index (χ0) is 12.4. The summed E-state index contributed by atoms with van der Waals surface area (Å²) in [6.45, 7) is 4.74. The number of aromatic amines is 1. The van der Waals surface area contributed by atoms with Crippen LogP contribution in [-0.2, 0) is 6.42 Å². The molecule has 1 aromatic carbocycles. The molecule has 0 saturated heterocycles. The molecule has 0 aliphatic heterocycles. The highest BCUT2D eigenvalue weighted by Gasteiger charge is 2.12. The van der Waals surface area contributed by atoms with Crippen molar-refractivity contribution >= 4 is 16.8 Å². The molecule has 4 heteroatoms. The van der Waals surface area contributed by atoms with Crippen LogP contribution >= 0.6 is 0 Å². The van der Waals surface area contributed by atoms with Gasteiger partial charge in [0.05, 0.1) is 5.52 Å². The maximum Gasteiger partial charge on any atom is 0.253 e. The third kappa shape index (κ3) is 2.02. The average molecular weight is 231 g/mol. The van der Waals surface area contributed by atoms with Crippen molar-refractivity contribution in [2.24, 2.45) is 0 Å². The largest absolute Gasteiger partial charge is 0.342 e. The molecule has 17 heavy (non-hydrogen) atoms. The summed E-state index contributed by atoms with van der Waals surface area (Å²) in [5.74, 6) is 0.0375. The predicted molar refractivity (Wildman–Crippen MR) is 68.1 cm³/mol. The van der Waals surface area contributed by atoms with E-state index in [-0.39, 0.29) is 5.91 Å². The summed E-state index contributed by atoms with van der Waals surface area (Å²) >= 11 is 0. The third-order valence-corrected chi connectivity index (χ3v) is 3.06. The average Bonchev–Trinajstić information content (AvgIpc) is 2.78. The number of aromatic nitrogens is 2. The van der Waals surface area contributed by atoms with Crippen LogP contribution in [0.3, 0.4) is 0 Å². The predicted octanol–water partition coefficient (Wildman–Crippen LogP) is 2.22. The summed E-state index contributed by atoms with van der Waals surface area (Å²) in [7, 11) is 1.80. The first-order chi connectivity index (χ1) is 8.17. The van der Waals surface area contributed by atoms with E-state index < -0.39 is 0 Å². The van der Waals surface area contributed by atoms with Crippen molar-refractivity contribution in [1.29, 1.82) is 0 Å². The van der Waals surface area contributed by atoms with Crippen molar-refractivity contribution in [2.75, 3.05) is 13.6 Å². The van der Waals surface area contributed by atoms with Crippen molar-refractivity contribution in [2.45, 2.75) is 20.3 Å². The number of rotatable bonds is 3. The lowest BCUT2D eigenvalue weighted by Gasteiger charge is -2.14. The number of carbonyl (C=O) groups excluding carboxylic acids is 1. The summed E-state index contributed by atoms with van der Waals surface area (Å²) in [6, 6.07) is 5.68. The van der Waals surface area contributed by atoms with Crippen LogP contribution in [0.1, 0.15) is 29.9 Å². The van der Waals surface area contributed by atoms with E-state index in [0.717, 1.165) is 23.0 Å². The van der Waals surface area contributed by atoms with Crippen LogP contribution in [0.5, 0.6) is 0 Å². The van der Waals surface area contributed by atoms with Gasteiger partial charge in [-0.2, -0.15) is 5.10 Å². The van der Waals surface area contributed by atoms with E-state index in [1.807, 2.05) is 25.1 Å². The summed E-state index contributed by atoms with van der Waals surface area (Å²) in [5, 5.41) is 8.32. The number of nitrogens with zero attached hydrogens (tertiary/aromatic N) is 2. The van der Waals surface area contributed by atoms with Gasteiger partial charge in [0.15, 0.2) is 0 Å². The Hall–Kier alpha value is -1.84. The van der Waals surface area contributed by atoms with Gasteiger partial charge in [0, 0.05) is 30.2 Å². The molecule has 0 atom stereocenters. The van der Waals surface area contributed by atoms with Crippen LogP contribution in [0.15, 0.2) is 18.2 Å². The second-order valence-electron chi connectivity index (χ2n) is 4.11. The Morgan fingerprint density at radius 2 is 2.18 bits per heavy atom. The smallest absolute Gasteiger partial charge is 0.253 e. The molecule has 0 unspecified atom stereocenters. The molecule has 0 radical (unpaired) electrons. The minimum Gasteiger partial charge on any atom is -0.342 e. The number of carbonyl (C=O) groups is 1. The van der Waals surface area contributed by atoms with Crippen molar-refractivity contribution in [1.82, 2.24) is 15.1 Å². The molecule has 1 N–H and O–H groups in total. The van der Waals surface area contributed by atoms with Crippen molar-refractivity contribution < 1.29 is 4.79 Å². The first-order valence-corrected chi connectivity index (χ1v) is 5.89. The van der Waals surface area contributed by atoms with Crippen LogP contribution < -0.4 is 0 Å². The molecule has 0 fully saturated rings. The minimum absolute atomic E-state index is 0.0375. The number of amides is 1. The Morgan fingerprint density at radius 1 is 1.41 bits per heavy atom. The van der Waals surface area contributed by atoms with Gasteiger partial charge in [0.1, 0.15) is 0 Å². The van der Waals surface area contributed by atoms with Gasteiger partial charge in [-0.3, -0.25) is 9.89 Å². The maximum absolute atomic E-state index is 12.0. The molecule has 4 nitrogen and oxygen atoms in total. The molecular formula is C13H17N3O. The lowest BCUT2D eigenvalue weighted by Crippen LogP contribution is -2.26. The topological polar surface area (TPSA) is 49.0 Å². The fourth-order valence-electron chi connectivity index (χ4n) is 1.83. The number of hydrogen-bond donors (Lipinski definition) is 1. The quantitative estimate of drug-likeness (QED) is 0.880. The monoisotopic (exact) mass is 231 g/mol. The number of benzene rings is 1. The third-order valence-electron chi connectivity index (χ3n) is 3.06. The Bertz CT molecular complexity index is 545. The summed E-state index contributed by atoms with van der Waals surface area (Å²) in [4.78, 5) is 13.7. The molecule has 0 spiro atoms. The zero-order valence-electron chi connectivity index (χ0n) is 10.4. The lowest BCUT2D eigenvalue weighted by atomic mass is 10.1. The fourth-order valence-corrected chi connectivity index (χ4v) is 1.83. The Balaban J connectivity index is 2.42. The molecule has 1 aromatic heterocycles. The van der Waals surface area contributed by atoms with Gasteiger partial charge in [0.25, 0.3) is 5.91 Å². The molecule has 1 amide bonds. The van der Waals surface area contributed by atoms with Crippen LogP contribution in [0.2, 0.25) is 0 Å². The summed E-state index contributed by atoms with van der Waals surface area (Å²) in [6.07, 6.45) is 0.915. The van der Waals surface area contributed by atoms with Gasteiger partial charge in [-0.1, -0.05) is 13.0 Å². The zero-order valence-corrected chi connectivity index (χ0v) is 10.4. The standard InChI is InChI=1S/C13H17N3O/c1-4-11-10-7-6-9(8-12(10)15-14-11)13(17)16(3)5-2/h6-8H,4-5H2,1-3H3,(H,14,15). The Kier molecular flexibility index (Phi) is 3.13. The highest BCUT2D eigenvalue weighted by atomic mass is 16.2. The molecule has 0 aliphatic rings. The van der Waals surface area contributed by atoms with Crippen LogP contribution in [0.4, 0.5) is 0 Å². The van der Waals surface area contributed by atoms with Gasteiger partial charge in [-0.25, -0.2) is 0 Å². The van der Waals surface area contributed by atoms with Crippen LogP contribution in [0, 0.1) is 0 Å². The number of hydrogen-bond acceptors (Lipinski definition) is 2. The van der Waals surface area contributed by atoms with Gasteiger partial charge in [-0.15, -0.1) is 0 Å². The molecule has 1 heterocycles. The van der Waals surface area contributed by atoms with Crippen molar-refractivity contribution in [3.63, 3.8) is 0 Å². The van der Waals surface area contributed by atoms with E-state index in [1.165, 1.54) is 0 Å².